The van der Waals surface area contributed by atoms with Gasteiger partial charge in [-0.2, -0.15) is 0 Å². The van der Waals surface area contributed by atoms with E-state index in [2.05, 4.69) is 15.2 Å². The van der Waals surface area contributed by atoms with Crippen molar-refractivity contribution in [1.29, 1.82) is 0 Å². The van der Waals surface area contributed by atoms with E-state index < -0.39 is 10.9 Å². The van der Waals surface area contributed by atoms with Crippen LogP contribution in [0.15, 0.2) is 44.8 Å². The topological polar surface area (TPSA) is 135 Å². The highest BCUT2D eigenvalue weighted by molar-refractivity contribution is 8.04. The number of aryl methyl sites for hydroxylation is 1. The highest BCUT2D eigenvalue weighted by Gasteiger charge is 2.19. The number of hydrogen-bond acceptors (Lipinski definition) is 7. The summed E-state index contributed by atoms with van der Waals surface area (Å²) >= 11 is 6.66. The Morgan fingerprint density at radius 3 is 2.81 bits per heavy atom. The van der Waals surface area contributed by atoms with Gasteiger partial charge in [-0.3, -0.25) is 15.2 Å². The number of carboxylic acids is 1. The molecule has 0 radical (unpaired) electrons. The minimum absolute atomic E-state index is 0.0690. The number of nitrogens with one attached hydrogen (secondary N) is 1. The molecule has 0 atom stereocenters. The number of furan rings is 1. The molecule has 2 heterocycles. The largest absolute Gasteiger partial charge is 0.477 e. The maximum Gasteiger partial charge on any atom is 0.342 e. The summed E-state index contributed by atoms with van der Waals surface area (Å²) in [5.41, 5.74) is 0.0228. The molecule has 9 nitrogen and oxygen atoms in total. The molecule has 0 spiro atoms. The van der Waals surface area contributed by atoms with Crippen molar-refractivity contribution < 1.29 is 19.2 Å². The molecule has 2 aromatic heterocycles. The standard InChI is InChI=1S/C16H11ClN4O5S/c1-8-18-16(20-19-8)27-14(15(22)23)7-10-3-5-13(26-10)11-4-2-9(17)6-12(11)21(24)25/h2-7H,1H3,(H,22,23)(H,18,19,20)/b14-7-. The number of aromatic amines is 1. The van der Waals surface area contributed by atoms with Gasteiger partial charge in [-0.1, -0.05) is 11.6 Å². The van der Waals surface area contributed by atoms with Crippen LogP contribution in [0.1, 0.15) is 11.6 Å². The van der Waals surface area contributed by atoms with Gasteiger partial charge in [-0.15, -0.1) is 5.10 Å². The van der Waals surface area contributed by atoms with Gasteiger partial charge < -0.3 is 9.52 Å². The Bertz CT molecular complexity index is 1060. The smallest absolute Gasteiger partial charge is 0.342 e. The Morgan fingerprint density at radius 1 is 1.41 bits per heavy atom. The Labute approximate surface area is 161 Å². The predicted octanol–water partition coefficient (Wildman–Crippen LogP) is 4.15. The summed E-state index contributed by atoms with van der Waals surface area (Å²) < 4.78 is 5.57. The van der Waals surface area contributed by atoms with E-state index in [1.54, 1.807) is 6.92 Å². The first-order valence-corrected chi connectivity index (χ1v) is 8.59. The number of H-pyrrole nitrogens is 1. The number of nitro groups is 1. The second-order valence-electron chi connectivity index (χ2n) is 5.24. The van der Waals surface area contributed by atoms with Crippen molar-refractivity contribution in [2.75, 3.05) is 0 Å². The van der Waals surface area contributed by atoms with Crippen LogP contribution in [0.2, 0.25) is 5.02 Å². The lowest BCUT2D eigenvalue weighted by atomic mass is 10.1. The number of benzene rings is 1. The van der Waals surface area contributed by atoms with Gasteiger partial charge in [0.2, 0.25) is 5.16 Å². The number of aromatic nitrogens is 3. The van der Waals surface area contributed by atoms with Crippen LogP contribution in [0.25, 0.3) is 17.4 Å². The highest BCUT2D eigenvalue weighted by Crippen LogP contribution is 2.34. The number of carboxylic acid groups (broad SMARTS) is 1. The SMILES string of the molecule is Cc1nc(S/C(=C\c2ccc(-c3ccc(Cl)cc3[N+](=O)[O-])o2)C(=O)O)n[nH]1. The zero-order valence-electron chi connectivity index (χ0n) is 13.7. The fourth-order valence-electron chi connectivity index (χ4n) is 2.17. The number of carbonyl (C=O) groups is 1. The molecule has 11 heteroatoms. The predicted molar refractivity (Wildman–Crippen MR) is 98.4 cm³/mol. The van der Waals surface area contributed by atoms with E-state index in [-0.39, 0.29) is 37.9 Å². The molecule has 0 saturated carbocycles. The van der Waals surface area contributed by atoms with Gasteiger partial charge >= 0.3 is 5.97 Å². The molecule has 27 heavy (non-hydrogen) atoms. The number of hydrogen-bond donors (Lipinski definition) is 2. The lowest BCUT2D eigenvalue weighted by molar-refractivity contribution is -0.384. The summed E-state index contributed by atoms with van der Waals surface area (Å²) in [6.07, 6.45) is 1.30. The van der Waals surface area contributed by atoms with Crippen LogP contribution in [0.3, 0.4) is 0 Å². The second kappa shape index (κ2) is 7.64. The summed E-state index contributed by atoms with van der Waals surface area (Å²) in [4.78, 5) is 26.1. The van der Waals surface area contributed by atoms with E-state index in [0.29, 0.717) is 5.82 Å². The number of rotatable bonds is 6. The molecule has 0 bridgehead atoms. The summed E-state index contributed by atoms with van der Waals surface area (Å²) in [7, 11) is 0. The molecule has 138 valence electrons. The highest BCUT2D eigenvalue weighted by atomic mass is 35.5. The van der Waals surface area contributed by atoms with Gasteiger partial charge in [-0.25, -0.2) is 9.78 Å². The Hall–Kier alpha value is -3.11. The quantitative estimate of drug-likeness (QED) is 0.269. The zero-order valence-corrected chi connectivity index (χ0v) is 15.2. The van der Waals surface area contributed by atoms with E-state index >= 15 is 0 Å². The molecule has 0 fully saturated rings. The number of thioether (sulfide) groups is 1. The van der Waals surface area contributed by atoms with Crippen LogP contribution in [0.5, 0.6) is 0 Å². The lowest BCUT2D eigenvalue weighted by Crippen LogP contribution is -1.97. The van der Waals surface area contributed by atoms with E-state index in [9.17, 15) is 20.0 Å². The van der Waals surface area contributed by atoms with E-state index in [1.165, 1.54) is 36.4 Å². The third-order valence-electron chi connectivity index (χ3n) is 3.31. The zero-order chi connectivity index (χ0) is 19.6. The molecule has 0 saturated heterocycles. The van der Waals surface area contributed by atoms with Crippen molar-refractivity contribution in [3.63, 3.8) is 0 Å². The molecule has 3 rings (SSSR count). The van der Waals surface area contributed by atoms with Crippen LogP contribution in [0.4, 0.5) is 5.69 Å². The van der Waals surface area contributed by atoms with Crippen LogP contribution >= 0.6 is 23.4 Å². The van der Waals surface area contributed by atoms with Gasteiger partial charge in [0.15, 0.2) is 0 Å². The maximum absolute atomic E-state index is 11.5. The third-order valence-corrected chi connectivity index (χ3v) is 4.42. The number of nitrogens with zero attached hydrogens (tertiary/aromatic N) is 3. The van der Waals surface area contributed by atoms with Gasteiger partial charge in [-0.05, 0) is 43.0 Å². The van der Waals surface area contributed by atoms with Crippen molar-refractivity contribution >= 4 is 41.1 Å². The minimum Gasteiger partial charge on any atom is -0.477 e. The first-order valence-electron chi connectivity index (χ1n) is 7.39. The average Bonchev–Trinajstić information content (AvgIpc) is 3.23. The number of halogens is 1. The molecule has 0 aliphatic rings. The molecule has 1 aromatic carbocycles. The summed E-state index contributed by atoms with van der Waals surface area (Å²) in [5, 5.41) is 27.6. The van der Waals surface area contributed by atoms with Gasteiger partial charge in [0.05, 0.1) is 10.5 Å². The van der Waals surface area contributed by atoms with Crippen LogP contribution < -0.4 is 0 Å². The number of nitro benzene ring substituents is 1. The van der Waals surface area contributed by atoms with Crippen molar-refractivity contribution in [2.24, 2.45) is 0 Å². The number of aliphatic carboxylic acids is 1. The molecule has 0 aliphatic heterocycles. The van der Waals surface area contributed by atoms with Gasteiger partial charge in [0, 0.05) is 17.2 Å². The Balaban J connectivity index is 1.93. The minimum atomic E-state index is -1.18. The van der Waals surface area contributed by atoms with Crippen molar-refractivity contribution in [1.82, 2.24) is 15.2 Å². The van der Waals surface area contributed by atoms with Crippen molar-refractivity contribution in [2.45, 2.75) is 12.1 Å². The fraction of sp³-hybridized carbons (Fsp3) is 0.0625. The molecule has 0 aliphatic carbocycles. The van der Waals surface area contributed by atoms with Crippen molar-refractivity contribution in [3.8, 4) is 11.3 Å². The average molecular weight is 407 g/mol. The summed E-state index contributed by atoms with van der Waals surface area (Å²) in [6, 6.07) is 7.23. The third kappa shape index (κ3) is 4.36. The molecule has 3 aromatic rings. The van der Waals surface area contributed by atoms with Crippen LogP contribution in [-0.4, -0.2) is 31.2 Å². The monoisotopic (exact) mass is 406 g/mol. The lowest BCUT2D eigenvalue weighted by Gasteiger charge is -2.00. The molecule has 0 unspecified atom stereocenters. The normalized spacial score (nSPS) is 11.6. The van der Waals surface area contributed by atoms with E-state index in [4.69, 9.17) is 16.0 Å². The summed E-state index contributed by atoms with van der Waals surface area (Å²) in [6.45, 7) is 1.69. The molecule has 0 amide bonds. The van der Waals surface area contributed by atoms with Crippen molar-refractivity contribution in [3.05, 3.63) is 62.0 Å². The first-order chi connectivity index (χ1) is 12.8. The Morgan fingerprint density at radius 2 is 2.19 bits per heavy atom. The first kappa shape index (κ1) is 18.7. The maximum atomic E-state index is 11.5. The van der Waals surface area contributed by atoms with E-state index in [1.807, 2.05) is 0 Å². The Kier molecular flexibility index (Phi) is 5.28. The van der Waals surface area contributed by atoms with Gasteiger partial charge in [0.1, 0.15) is 22.3 Å². The molecular weight excluding hydrogens is 396 g/mol. The fourth-order valence-corrected chi connectivity index (χ4v) is 3.07. The van der Waals surface area contributed by atoms with E-state index in [0.717, 1.165) is 11.8 Å². The van der Waals surface area contributed by atoms with Crippen LogP contribution in [0, 0.1) is 17.0 Å². The summed E-state index contributed by atoms with van der Waals surface area (Å²) in [5.74, 6) is -0.199. The van der Waals surface area contributed by atoms with Crippen LogP contribution in [-0.2, 0) is 4.79 Å². The molecular formula is C16H11ClN4O5S. The molecule has 2 N–H and O–H groups in total. The second-order valence-corrected chi connectivity index (χ2v) is 6.69. The van der Waals surface area contributed by atoms with Gasteiger partial charge in [0.25, 0.3) is 5.69 Å².